The molecule has 1 amide bonds. The number of hydrogen-bond donors (Lipinski definition) is 1. The van der Waals surface area contributed by atoms with Gasteiger partial charge in [-0.25, -0.2) is 0 Å². The lowest BCUT2D eigenvalue weighted by molar-refractivity contribution is 0.0919. The molecule has 0 aliphatic heterocycles. The van der Waals surface area contributed by atoms with Crippen LogP contribution in [0.1, 0.15) is 16.4 Å². The van der Waals surface area contributed by atoms with Crippen LogP contribution in [0.25, 0.3) is 22.4 Å². The van der Waals surface area contributed by atoms with Crippen LogP contribution in [0, 0.1) is 0 Å². The van der Waals surface area contributed by atoms with Crippen molar-refractivity contribution in [2.24, 2.45) is 7.05 Å². The molecule has 9 heteroatoms. The van der Waals surface area contributed by atoms with Crippen LogP contribution in [0.5, 0.6) is 0 Å². The van der Waals surface area contributed by atoms with Crippen molar-refractivity contribution in [2.45, 2.75) is 6.54 Å². The maximum absolute atomic E-state index is 12.2. The minimum atomic E-state index is -0.547. The topological polar surface area (TPSA) is 116 Å². The first kappa shape index (κ1) is 15.8. The highest BCUT2D eigenvalue weighted by Crippen LogP contribution is 2.14. The van der Waals surface area contributed by atoms with Crippen LogP contribution in [-0.2, 0) is 13.6 Å². The summed E-state index contributed by atoms with van der Waals surface area (Å²) in [6.07, 6.45) is 3.36. The highest BCUT2D eigenvalue weighted by atomic mass is 16.5. The standard InChI is InChI=1S/C17H13N5O4/c1-22-9-10(7-19-22)16-20-15(26-21-16)8-18-17(24)14-6-12(23)11-4-2-3-5-13(11)25-14/h2-7,9H,8H2,1H3,(H,18,24). The van der Waals surface area contributed by atoms with Gasteiger partial charge in [-0.1, -0.05) is 17.3 Å². The van der Waals surface area contributed by atoms with E-state index in [1.165, 1.54) is 0 Å². The summed E-state index contributed by atoms with van der Waals surface area (Å²) in [7, 11) is 1.78. The number of nitrogens with one attached hydrogen (secondary N) is 1. The van der Waals surface area contributed by atoms with E-state index >= 15 is 0 Å². The van der Waals surface area contributed by atoms with Gasteiger partial charge in [-0.3, -0.25) is 14.3 Å². The van der Waals surface area contributed by atoms with E-state index in [1.54, 1.807) is 48.4 Å². The van der Waals surface area contributed by atoms with Gasteiger partial charge >= 0.3 is 0 Å². The monoisotopic (exact) mass is 351 g/mol. The van der Waals surface area contributed by atoms with Crippen LogP contribution in [0.15, 0.2) is 56.5 Å². The molecule has 3 aromatic heterocycles. The van der Waals surface area contributed by atoms with Crippen molar-refractivity contribution in [1.29, 1.82) is 0 Å². The Morgan fingerprint density at radius 3 is 2.96 bits per heavy atom. The number of rotatable bonds is 4. The zero-order valence-corrected chi connectivity index (χ0v) is 13.7. The van der Waals surface area contributed by atoms with Crippen molar-refractivity contribution in [3.63, 3.8) is 0 Å². The summed E-state index contributed by atoms with van der Waals surface area (Å²) in [6, 6.07) is 7.89. The number of nitrogens with zero attached hydrogens (tertiary/aromatic N) is 4. The third-order valence-electron chi connectivity index (χ3n) is 3.69. The zero-order chi connectivity index (χ0) is 18.1. The summed E-state index contributed by atoms with van der Waals surface area (Å²) < 4.78 is 12.2. The summed E-state index contributed by atoms with van der Waals surface area (Å²) in [5.41, 5.74) is 0.768. The maximum atomic E-state index is 12.2. The minimum Gasteiger partial charge on any atom is -0.451 e. The summed E-state index contributed by atoms with van der Waals surface area (Å²) >= 11 is 0. The van der Waals surface area contributed by atoms with E-state index in [-0.39, 0.29) is 23.6 Å². The number of hydrogen-bond acceptors (Lipinski definition) is 7. The average Bonchev–Trinajstić information content (AvgIpc) is 3.28. The molecule has 3 heterocycles. The van der Waals surface area contributed by atoms with E-state index in [4.69, 9.17) is 8.94 Å². The molecule has 0 saturated heterocycles. The van der Waals surface area contributed by atoms with Gasteiger partial charge in [-0.05, 0) is 12.1 Å². The van der Waals surface area contributed by atoms with Crippen molar-refractivity contribution < 1.29 is 13.7 Å². The number of carbonyl (C=O) groups excluding carboxylic acids is 1. The molecule has 0 spiro atoms. The molecule has 0 aliphatic carbocycles. The van der Waals surface area contributed by atoms with Gasteiger partial charge in [0.05, 0.1) is 23.7 Å². The molecular formula is C17H13N5O4. The van der Waals surface area contributed by atoms with Crippen molar-refractivity contribution in [1.82, 2.24) is 25.2 Å². The Labute approximate surface area is 146 Å². The van der Waals surface area contributed by atoms with E-state index in [0.29, 0.717) is 22.4 Å². The Morgan fingerprint density at radius 1 is 1.31 bits per heavy atom. The van der Waals surface area contributed by atoms with Crippen molar-refractivity contribution in [2.75, 3.05) is 0 Å². The third kappa shape index (κ3) is 2.97. The molecule has 130 valence electrons. The molecule has 4 rings (SSSR count). The van der Waals surface area contributed by atoms with E-state index < -0.39 is 5.91 Å². The first-order valence-corrected chi connectivity index (χ1v) is 7.73. The molecule has 4 aromatic rings. The number of fused-ring (bicyclic) bond motifs is 1. The summed E-state index contributed by atoms with van der Waals surface area (Å²) in [5, 5.41) is 10.9. The number of amides is 1. The van der Waals surface area contributed by atoms with Gasteiger partial charge in [-0.2, -0.15) is 10.1 Å². The fourth-order valence-electron chi connectivity index (χ4n) is 2.44. The first-order chi connectivity index (χ1) is 12.6. The Bertz CT molecular complexity index is 1160. The Kier molecular flexibility index (Phi) is 3.81. The minimum absolute atomic E-state index is 0.00261. The van der Waals surface area contributed by atoms with Crippen molar-refractivity contribution in [3.05, 3.63) is 64.6 Å². The second kappa shape index (κ2) is 6.28. The highest BCUT2D eigenvalue weighted by molar-refractivity contribution is 5.93. The van der Waals surface area contributed by atoms with Gasteiger partial charge in [0.1, 0.15) is 5.58 Å². The van der Waals surface area contributed by atoms with Crippen LogP contribution < -0.4 is 10.7 Å². The first-order valence-electron chi connectivity index (χ1n) is 7.73. The number of carbonyl (C=O) groups is 1. The maximum Gasteiger partial charge on any atom is 0.287 e. The smallest absolute Gasteiger partial charge is 0.287 e. The lowest BCUT2D eigenvalue weighted by atomic mass is 10.2. The Hall–Kier alpha value is -3.75. The molecule has 0 unspecified atom stereocenters. The quantitative estimate of drug-likeness (QED) is 0.592. The second-order valence-electron chi connectivity index (χ2n) is 5.57. The lowest BCUT2D eigenvalue weighted by Gasteiger charge is -2.03. The highest BCUT2D eigenvalue weighted by Gasteiger charge is 2.15. The molecule has 1 aromatic carbocycles. The van der Waals surface area contributed by atoms with Crippen LogP contribution in [0.2, 0.25) is 0 Å². The van der Waals surface area contributed by atoms with E-state index in [0.717, 1.165) is 6.07 Å². The van der Waals surface area contributed by atoms with Crippen LogP contribution in [-0.4, -0.2) is 25.8 Å². The Balaban J connectivity index is 1.49. The molecule has 9 nitrogen and oxygen atoms in total. The van der Waals surface area contributed by atoms with Gasteiger partial charge in [-0.15, -0.1) is 0 Å². The normalized spacial score (nSPS) is 11.0. The molecule has 26 heavy (non-hydrogen) atoms. The summed E-state index contributed by atoms with van der Waals surface area (Å²) in [4.78, 5) is 28.5. The van der Waals surface area contributed by atoms with E-state index in [1.807, 2.05) is 0 Å². The number of benzene rings is 1. The molecule has 0 aliphatic rings. The third-order valence-corrected chi connectivity index (χ3v) is 3.69. The molecule has 0 bridgehead atoms. The molecule has 0 fully saturated rings. The van der Waals surface area contributed by atoms with Gasteiger partial charge in [0, 0.05) is 19.3 Å². The van der Waals surface area contributed by atoms with Crippen LogP contribution in [0.3, 0.4) is 0 Å². The van der Waals surface area contributed by atoms with Crippen molar-refractivity contribution >= 4 is 16.9 Å². The summed E-state index contributed by atoms with van der Waals surface area (Å²) in [6.45, 7) is 0.00261. The predicted molar refractivity (Wildman–Crippen MR) is 90.2 cm³/mol. The molecule has 0 radical (unpaired) electrons. The van der Waals surface area contributed by atoms with Gasteiger partial charge in [0.25, 0.3) is 5.91 Å². The SMILES string of the molecule is Cn1cc(-c2noc(CNC(=O)c3cc(=O)c4ccccc4o3)n2)cn1. The zero-order valence-electron chi connectivity index (χ0n) is 13.7. The number of aromatic nitrogens is 4. The van der Waals surface area contributed by atoms with Crippen LogP contribution in [0.4, 0.5) is 0 Å². The molecular weight excluding hydrogens is 338 g/mol. The fourth-order valence-corrected chi connectivity index (χ4v) is 2.44. The molecule has 0 atom stereocenters. The average molecular weight is 351 g/mol. The van der Waals surface area contributed by atoms with E-state index in [9.17, 15) is 9.59 Å². The molecule has 1 N–H and O–H groups in total. The number of para-hydroxylation sites is 1. The Morgan fingerprint density at radius 2 is 2.15 bits per heavy atom. The van der Waals surface area contributed by atoms with Crippen LogP contribution >= 0.6 is 0 Å². The lowest BCUT2D eigenvalue weighted by Crippen LogP contribution is -2.24. The largest absolute Gasteiger partial charge is 0.451 e. The van der Waals surface area contributed by atoms with Gasteiger partial charge in [0.15, 0.2) is 11.2 Å². The van der Waals surface area contributed by atoms with E-state index in [2.05, 4.69) is 20.6 Å². The van der Waals surface area contributed by atoms with Gasteiger partial charge in [0.2, 0.25) is 11.7 Å². The summed E-state index contributed by atoms with van der Waals surface area (Å²) in [5.74, 6) is -0.0328. The molecule has 0 saturated carbocycles. The number of aryl methyl sites for hydroxylation is 1. The fraction of sp³-hybridized carbons (Fsp3) is 0.118. The predicted octanol–water partition coefficient (Wildman–Crippen LogP) is 1.51. The van der Waals surface area contributed by atoms with Gasteiger partial charge < -0.3 is 14.3 Å². The second-order valence-corrected chi connectivity index (χ2v) is 5.57. The van der Waals surface area contributed by atoms with Crippen molar-refractivity contribution in [3.8, 4) is 11.4 Å².